The number of carbonyl (C=O) groups is 6. The quantitative estimate of drug-likeness (QED) is 0.0225. The molecule has 582 valence electrons. The third-order valence-corrected chi connectivity index (χ3v) is 20.3. The van der Waals surface area contributed by atoms with E-state index in [9.17, 15) is 79.8 Å². The van der Waals surface area contributed by atoms with Gasteiger partial charge in [-0.2, -0.15) is 0 Å². The van der Waals surface area contributed by atoms with E-state index in [1.54, 1.807) is 79.9 Å². The van der Waals surface area contributed by atoms with Gasteiger partial charge in [0.1, 0.15) is 18.0 Å². The Hall–Kier alpha value is -5.54. The maximum Gasteiger partial charge on any atom is 0.335 e. The van der Waals surface area contributed by atoms with Crippen molar-refractivity contribution in [2.75, 3.05) is 14.2 Å². The zero-order chi connectivity index (χ0) is 77.8. The number of nitrogens with one attached hydrogen (secondary N) is 3. The molecular weight excluding hydrogens is 1310 g/mol. The van der Waals surface area contributed by atoms with Gasteiger partial charge in [-0.05, 0) is 146 Å². The largest absolute Gasteiger partial charge is 0.479 e. The molecule has 2 aliphatic rings. The summed E-state index contributed by atoms with van der Waals surface area (Å²) in [7, 11) is 3.13. The van der Waals surface area contributed by atoms with Crippen LogP contribution in [0.3, 0.4) is 0 Å². The number of hydrogen-bond donors (Lipinski definition) is 13. The summed E-state index contributed by atoms with van der Waals surface area (Å²) in [6, 6.07) is -4.54. The number of esters is 1. The Balaban J connectivity index is 2.53. The minimum absolute atomic E-state index is 0.0533. The van der Waals surface area contributed by atoms with Crippen LogP contribution < -0.4 is 16.0 Å². The maximum atomic E-state index is 14.4. The molecule has 23 heteroatoms. The van der Waals surface area contributed by atoms with Gasteiger partial charge in [0.05, 0.1) is 85.1 Å². The van der Waals surface area contributed by atoms with Crippen LogP contribution in [0.2, 0.25) is 0 Å². The number of Topliss-reactive ketones (excluding diaryl/α,β-unsaturated/α-hetero) is 1. The number of carboxylic acids is 1. The van der Waals surface area contributed by atoms with Gasteiger partial charge in [-0.15, -0.1) is 0 Å². The van der Waals surface area contributed by atoms with Gasteiger partial charge in [0.25, 0.3) is 0 Å². The summed E-state index contributed by atoms with van der Waals surface area (Å²) < 4.78 is 24.2. The lowest BCUT2D eigenvalue weighted by Crippen LogP contribution is -2.59. The number of aliphatic carboxylic acids is 1. The molecule has 0 spiro atoms. The number of fused-ring (bicyclic) bond motifs is 2. The van der Waals surface area contributed by atoms with Gasteiger partial charge < -0.3 is 86.0 Å². The molecule has 0 aromatic carbocycles. The number of amides is 3. The average Bonchev–Trinajstić information content (AvgIpc) is 1.06. The molecule has 13 N–H and O–H groups in total. The third-order valence-electron chi connectivity index (χ3n) is 20.3. The van der Waals surface area contributed by atoms with E-state index in [1.165, 1.54) is 46.1 Å². The van der Waals surface area contributed by atoms with Crippen molar-refractivity contribution >= 4 is 35.4 Å². The van der Waals surface area contributed by atoms with Crippen molar-refractivity contribution in [3.8, 4) is 0 Å². The Morgan fingerprint density at radius 3 is 1.95 bits per heavy atom. The van der Waals surface area contributed by atoms with Gasteiger partial charge in [0.2, 0.25) is 17.7 Å². The molecule has 23 nitrogen and oxygen atoms in total. The Morgan fingerprint density at radius 1 is 0.765 bits per heavy atom. The second-order valence-electron chi connectivity index (χ2n) is 30.6. The van der Waals surface area contributed by atoms with Crippen LogP contribution in [0.1, 0.15) is 182 Å². The van der Waals surface area contributed by atoms with E-state index in [4.69, 9.17) is 18.9 Å². The van der Waals surface area contributed by atoms with Gasteiger partial charge >= 0.3 is 11.9 Å². The molecule has 25 unspecified atom stereocenters. The predicted molar refractivity (Wildman–Crippen MR) is 394 cm³/mol. The van der Waals surface area contributed by atoms with Crippen LogP contribution in [0.5, 0.6) is 0 Å². The Labute approximate surface area is 608 Å². The van der Waals surface area contributed by atoms with Crippen molar-refractivity contribution in [3.63, 3.8) is 0 Å². The first-order valence-electron chi connectivity index (χ1n) is 36.6. The molecule has 2 aliphatic heterocycles. The minimum atomic E-state index is -2.57. The molecule has 102 heavy (non-hydrogen) atoms. The first-order chi connectivity index (χ1) is 47.5. The summed E-state index contributed by atoms with van der Waals surface area (Å²) in [5.74, 6) is -10.8. The van der Waals surface area contributed by atoms with E-state index in [0.717, 1.165) is 18.1 Å². The summed E-state index contributed by atoms with van der Waals surface area (Å²) >= 11 is 0. The van der Waals surface area contributed by atoms with Crippen LogP contribution in [0.15, 0.2) is 95.7 Å². The number of ether oxygens (including phenoxy) is 4. The van der Waals surface area contributed by atoms with Crippen molar-refractivity contribution < 1.29 is 98.8 Å². The number of carbonyl (C=O) groups excluding carboxylic acids is 5. The Morgan fingerprint density at radius 2 is 1.38 bits per heavy atom. The van der Waals surface area contributed by atoms with Crippen molar-refractivity contribution in [1.29, 1.82) is 0 Å². The molecule has 25 atom stereocenters. The standard InChI is InChI=1S/C79H131N3O20/c1-43(2)37-58(80-65(88)35-36-79(17,18)75(94)55(15)68(89)44(3)4)71(92)50(10)41-51(11)73(100-20)47(7)32-34-60(85)54(14)76(95)82-66(56(16)83)74-53(13)59(84)33-31-46(6)69(90)48(8)40-49(9)70(91)52(12)61(86)42-57-38-45(5)39-63(101-57)62(99-19)29-27-25-23-21-22-24-26-28-30-64(87)81-67(78(98)102-74)72(93)77(96)97/h23-31,35-36,40-41,43-45,47-48,50,52-63,66-74,83-86,89-93H,21-22,32-34,37-39,42H2,1-20H3,(H,80,88)(H,81,87)(H,82,95)(H,96,97). The number of ketones is 1. The number of cyclic esters (lactones) is 1. The van der Waals surface area contributed by atoms with Gasteiger partial charge in [0.15, 0.2) is 12.1 Å². The molecule has 0 saturated carbocycles. The van der Waals surface area contributed by atoms with E-state index in [1.807, 2.05) is 78.8 Å². The summed E-state index contributed by atoms with van der Waals surface area (Å²) in [4.78, 5) is 81.1. The summed E-state index contributed by atoms with van der Waals surface area (Å²) in [5, 5.41) is 121. The van der Waals surface area contributed by atoms with Crippen LogP contribution in [-0.4, -0.2) is 204 Å². The SMILES string of the molecule is COC1C=CC=CCCC=CC=CC(=O)NC(C(O)C(=O)O)C(=O)OC(C(NC(=O)C(C)C(O)CCC(C)C(OC)C(C)=CC(C)C(O)C(CC(C)C)NC(=O)C=CC(C)(C)C(=O)C(C)C(O)C(C)C)C(C)O)C(C)C(O)CC=C(C)C(O)C(C)C=C(C)C(O)C(C)C(O)CC2CC(C)CC1O2. The maximum absolute atomic E-state index is 14.4. The monoisotopic (exact) mass is 1440 g/mol. The van der Waals surface area contributed by atoms with E-state index in [0.29, 0.717) is 43.3 Å². The van der Waals surface area contributed by atoms with Crippen LogP contribution in [0, 0.1) is 64.6 Å². The number of allylic oxidation sites excluding steroid dienone is 7. The molecule has 2 heterocycles. The fraction of sp³-hybridized carbons (Fsp3) is 0.722. The molecular formula is C79H131N3O20. The Kier molecular flexibility index (Phi) is 40.9. The second-order valence-corrected chi connectivity index (χ2v) is 30.6. The van der Waals surface area contributed by atoms with Crippen LogP contribution in [-0.2, 0) is 47.7 Å². The zero-order valence-corrected chi connectivity index (χ0v) is 64.5. The molecule has 1 fully saturated rings. The fourth-order valence-electron chi connectivity index (χ4n) is 13.5. The average molecular weight is 1440 g/mol. The molecule has 0 aromatic heterocycles. The lowest BCUT2D eigenvalue weighted by molar-refractivity contribution is -0.170. The van der Waals surface area contributed by atoms with E-state index in [2.05, 4.69) is 22.9 Å². The number of aliphatic hydroxyl groups is 9. The topological polar surface area (TPSA) is 378 Å². The summed E-state index contributed by atoms with van der Waals surface area (Å²) in [5.41, 5.74) is 0.583. The summed E-state index contributed by atoms with van der Waals surface area (Å²) in [6.07, 6.45) is 9.36. The van der Waals surface area contributed by atoms with Crippen LogP contribution in [0.4, 0.5) is 0 Å². The number of methoxy groups -OCH3 is 2. The van der Waals surface area contributed by atoms with Gasteiger partial charge in [-0.3, -0.25) is 19.2 Å². The molecule has 2 rings (SSSR count). The van der Waals surface area contributed by atoms with E-state index < -0.39 is 156 Å². The second kappa shape index (κ2) is 45.1. The number of hydrogen-bond acceptors (Lipinski definition) is 19. The van der Waals surface area contributed by atoms with Crippen molar-refractivity contribution in [2.24, 2.45) is 64.6 Å². The Bertz CT molecular complexity index is 2860. The number of aliphatic hydroxyl groups excluding tert-OH is 9. The molecule has 1 saturated heterocycles. The van der Waals surface area contributed by atoms with Crippen molar-refractivity contribution in [1.82, 2.24) is 16.0 Å². The van der Waals surface area contributed by atoms with Gasteiger partial charge in [-0.25, -0.2) is 9.59 Å². The smallest absolute Gasteiger partial charge is 0.335 e. The minimum Gasteiger partial charge on any atom is -0.479 e. The lowest BCUT2D eigenvalue weighted by Gasteiger charge is -2.38. The van der Waals surface area contributed by atoms with Crippen LogP contribution in [0.25, 0.3) is 0 Å². The van der Waals surface area contributed by atoms with Crippen molar-refractivity contribution in [2.45, 2.75) is 286 Å². The third kappa shape index (κ3) is 30.1. The highest BCUT2D eigenvalue weighted by molar-refractivity contribution is 5.94. The van der Waals surface area contributed by atoms with Gasteiger partial charge in [-0.1, -0.05) is 150 Å². The molecule has 2 bridgehead atoms. The normalized spacial score (nSPS) is 29.3. The highest BCUT2D eigenvalue weighted by Crippen LogP contribution is 2.34. The van der Waals surface area contributed by atoms with E-state index in [-0.39, 0.29) is 67.0 Å². The first-order valence-corrected chi connectivity index (χ1v) is 36.6. The molecule has 0 aromatic rings. The lowest BCUT2D eigenvalue weighted by atomic mass is 9.77. The predicted octanol–water partition coefficient (Wildman–Crippen LogP) is 7.64. The number of carboxylic acid groups (broad SMARTS) is 1. The molecule has 0 radical (unpaired) electrons. The molecule has 3 amide bonds. The highest BCUT2D eigenvalue weighted by Gasteiger charge is 2.44. The van der Waals surface area contributed by atoms with Gasteiger partial charge in [0, 0.05) is 55.3 Å². The first kappa shape index (κ1) is 92.5. The highest BCUT2D eigenvalue weighted by atomic mass is 16.6. The zero-order valence-electron chi connectivity index (χ0n) is 64.5. The fourth-order valence-corrected chi connectivity index (χ4v) is 13.5. The van der Waals surface area contributed by atoms with E-state index >= 15 is 0 Å². The number of rotatable bonds is 26. The summed E-state index contributed by atoms with van der Waals surface area (Å²) in [6.45, 7) is 31.3. The van der Waals surface area contributed by atoms with Crippen molar-refractivity contribution in [3.05, 3.63) is 95.7 Å². The van der Waals surface area contributed by atoms with Crippen LogP contribution >= 0.6 is 0 Å². The molecule has 0 aliphatic carbocycles.